The molecule has 2 fully saturated rings. The average molecular weight is 269 g/mol. The van der Waals surface area contributed by atoms with Crippen LogP contribution in [0, 0.1) is 11.7 Å². The van der Waals surface area contributed by atoms with Crippen LogP contribution in [0.5, 0.6) is 0 Å². The Morgan fingerprint density at radius 3 is 2.89 bits per heavy atom. The Hall–Kier alpha value is -0.800. The lowest BCUT2D eigenvalue weighted by Gasteiger charge is -2.43. The summed E-state index contributed by atoms with van der Waals surface area (Å²) >= 11 is 6.15. The molecule has 1 unspecified atom stereocenters. The van der Waals surface area contributed by atoms with Crippen molar-refractivity contribution in [3.63, 3.8) is 0 Å². The highest BCUT2D eigenvalue weighted by Gasteiger charge is 2.44. The van der Waals surface area contributed by atoms with E-state index in [1.807, 2.05) is 0 Å². The highest BCUT2D eigenvalue weighted by Crippen LogP contribution is 2.42. The number of halogens is 2. The minimum Gasteiger partial charge on any atom is -0.367 e. The van der Waals surface area contributed by atoms with Crippen LogP contribution in [0.25, 0.3) is 0 Å². The molecule has 0 radical (unpaired) electrons. The summed E-state index contributed by atoms with van der Waals surface area (Å²) in [5.74, 6) is 0.503. The van der Waals surface area contributed by atoms with Crippen LogP contribution in [-0.4, -0.2) is 25.2 Å². The molecule has 1 saturated heterocycles. The predicted octanol–water partition coefficient (Wildman–Crippen LogP) is 3.06. The van der Waals surface area contributed by atoms with Crippen LogP contribution in [0.1, 0.15) is 19.8 Å². The van der Waals surface area contributed by atoms with Gasteiger partial charge < -0.3 is 10.2 Å². The molecule has 1 saturated carbocycles. The summed E-state index contributed by atoms with van der Waals surface area (Å²) < 4.78 is 13.1. The third kappa shape index (κ3) is 2.21. The van der Waals surface area contributed by atoms with Crippen molar-refractivity contribution in [2.75, 3.05) is 24.5 Å². The molecule has 2 nitrogen and oxygen atoms in total. The molecule has 0 bridgehead atoms. The van der Waals surface area contributed by atoms with Gasteiger partial charge in [-0.1, -0.05) is 11.6 Å². The summed E-state index contributed by atoms with van der Waals surface area (Å²) in [6.07, 6.45) is 2.63. The molecule has 1 aromatic rings. The van der Waals surface area contributed by atoms with Gasteiger partial charge in [0, 0.05) is 25.2 Å². The van der Waals surface area contributed by atoms with E-state index < -0.39 is 0 Å². The zero-order chi connectivity index (χ0) is 12.8. The highest BCUT2D eigenvalue weighted by molar-refractivity contribution is 6.33. The summed E-state index contributed by atoms with van der Waals surface area (Å²) in [5, 5.41) is 4.14. The van der Waals surface area contributed by atoms with E-state index in [9.17, 15) is 4.39 Å². The number of nitrogens with one attached hydrogen (secondary N) is 1. The Kier molecular flexibility index (Phi) is 2.99. The minimum atomic E-state index is -0.274. The number of rotatable bonds is 2. The summed E-state index contributed by atoms with van der Waals surface area (Å²) in [6, 6.07) is 4.67. The van der Waals surface area contributed by atoms with Crippen molar-refractivity contribution in [1.29, 1.82) is 0 Å². The van der Waals surface area contributed by atoms with Crippen LogP contribution in [0.2, 0.25) is 5.02 Å². The van der Waals surface area contributed by atoms with Crippen LogP contribution in [0.3, 0.4) is 0 Å². The molecule has 1 heterocycles. The van der Waals surface area contributed by atoms with Gasteiger partial charge in [-0.2, -0.15) is 0 Å². The first-order chi connectivity index (χ1) is 8.58. The second kappa shape index (κ2) is 4.39. The van der Waals surface area contributed by atoms with Gasteiger partial charge in [0.05, 0.1) is 10.7 Å². The van der Waals surface area contributed by atoms with Gasteiger partial charge in [-0.15, -0.1) is 0 Å². The molecule has 3 rings (SSSR count). The SMILES string of the molecule is CC1(C2CC2)CN(c2ccc(F)cc2Cl)CCN1. The number of hydrogen-bond donors (Lipinski definition) is 1. The van der Waals surface area contributed by atoms with Gasteiger partial charge >= 0.3 is 0 Å². The number of anilines is 1. The fraction of sp³-hybridized carbons (Fsp3) is 0.571. The van der Waals surface area contributed by atoms with Crippen LogP contribution < -0.4 is 10.2 Å². The average Bonchev–Trinajstić information content (AvgIpc) is 3.12. The van der Waals surface area contributed by atoms with Gasteiger partial charge in [-0.3, -0.25) is 0 Å². The summed E-state index contributed by atoms with van der Waals surface area (Å²) in [4.78, 5) is 2.27. The van der Waals surface area contributed by atoms with Crippen LogP contribution in [-0.2, 0) is 0 Å². The van der Waals surface area contributed by atoms with E-state index in [4.69, 9.17) is 11.6 Å². The summed E-state index contributed by atoms with van der Waals surface area (Å²) in [7, 11) is 0. The smallest absolute Gasteiger partial charge is 0.124 e. The molecule has 2 aliphatic rings. The van der Waals surface area contributed by atoms with Gasteiger partial charge in [-0.25, -0.2) is 4.39 Å². The number of hydrogen-bond acceptors (Lipinski definition) is 2. The Morgan fingerprint density at radius 2 is 2.22 bits per heavy atom. The Labute approximate surface area is 112 Å². The van der Waals surface area contributed by atoms with Gasteiger partial charge in [0.1, 0.15) is 5.82 Å². The van der Waals surface area contributed by atoms with Crippen LogP contribution in [0.4, 0.5) is 10.1 Å². The van der Waals surface area contributed by atoms with Crippen molar-refractivity contribution < 1.29 is 4.39 Å². The molecule has 1 aliphatic heterocycles. The maximum atomic E-state index is 13.1. The molecule has 0 spiro atoms. The minimum absolute atomic E-state index is 0.177. The maximum absolute atomic E-state index is 13.1. The quantitative estimate of drug-likeness (QED) is 0.887. The fourth-order valence-corrected chi connectivity index (χ4v) is 3.23. The second-order valence-electron chi connectivity index (χ2n) is 5.64. The topological polar surface area (TPSA) is 15.3 Å². The maximum Gasteiger partial charge on any atom is 0.124 e. The van der Waals surface area contributed by atoms with Crippen molar-refractivity contribution in [2.24, 2.45) is 5.92 Å². The first-order valence-electron chi connectivity index (χ1n) is 6.53. The zero-order valence-corrected chi connectivity index (χ0v) is 11.3. The lowest BCUT2D eigenvalue weighted by molar-refractivity contribution is 0.285. The lowest BCUT2D eigenvalue weighted by Crippen LogP contribution is -2.60. The van der Waals surface area contributed by atoms with Gasteiger partial charge in [-0.05, 0) is 43.9 Å². The Morgan fingerprint density at radius 1 is 1.44 bits per heavy atom. The monoisotopic (exact) mass is 268 g/mol. The molecular formula is C14H18ClFN2. The van der Waals surface area contributed by atoms with Crippen molar-refractivity contribution >= 4 is 17.3 Å². The molecule has 1 N–H and O–H groups in total. The molecule has 0 aromatic heterocycles. The standard InChI is InChI=1S/C14H18ClFN2/c1-14(10-2-3-10)9-18(7-6-17-14)13-5-4-11(16)8-12(13)15/h4-5,8,10,17H,2-3,6-7,9H2,1H3. The van der Waals surface area contributed by atoms with Gasteiger partial charge in [0.15, 0.2) is 0 Å². The molecule has 1 aliphatic carbocycles. The third-order valence-electron chi connectivity index (χ3n) is 4.16. The first-order valence-corrected chi connectivity index (χ1v) is 6.91. The van der Waals surface area contributed by atoms with Crippen molar-refractivity contribution in [3.8, 4) is 0 Å². The lowest BCUT2D eigenvalue weighted by atomic mass is 9.92. The molecule has 18 heavy (non-hydrogen) atoms. The van der Waals surface area contributed by atoms with Gasteiger partial charge in [0.2, 0.25) is 0 Å². The predicted molar refractivity (Wildman–Crippen MR) is 72.8 cm³/mol. The van der Waals surface area contributed by atoms with E-state index in [2.05, 4.69) is 17.1 Å². The molecule has 0 amide bonds. The zero-order valence-electron chi connectivity index (χ0n) is 10.5. The van der Waals surface area contributed by atoms with E-state index in [1.54, 1.807) is 6.07 Å². The van der Waals surface area contributed by atoms with E-state index in [0.717, 1.165) is 31.2 Å². The molecular weight excluding hydrogens is 251 g/mol. The number of benzene rings is 1. The fourth-order valence-electron chi connectivity index (χ4n) is 2.95. The van der Waals surface area contributed by atoms with Crippen molar-refractivity contribution in [2.45, 2.75) is 25.3 Å². The summed E-state index contributed by atoms with van der Waals surface area (Å²) in [6.45, 7) is 5.12. The van der Waals surface area contributed by atoms with Gasteiger partial charge in [0.25, 0.3) is 0 Å². The Bertz CT molecular complexity index is 461. The van der Waals surface area contributed by atoms with Crippen molar-refractivity contribution in [3.05, 3.63) is 29.0 Å². The first kappa shape index (κ1) is 12.2. The largest absolute Gasteiger partial charge is 0.367 e. The highest BCUT2D eigenvalue weighted by atomic mass is 35.5. The third-order valence-corrected chi connectivity index (χ3v) is 4.46. The molecule has 1 atom stereocenters. The van der Waals surface area contributed by atoms with Crippen LogP contribution in [0.15, 0.2) is 18.2 Å². The van der Waals surface area contributed by atoms with E-state index in [-0.39, 0.29) is 11.4 Å². The van der Waals surface area contributed by atoms with E-state index >= 15 is 0 Å². The molecule has 4 heteroatoms. The summed E-state index contributed by atoms with van der Waals surface area (Å²) in [5.41, 5.74) is 1.13. The van der Waals surface area contributed by atoms with Crippen molar-refractivity contribution in [1.82, 2.24) is 5.32 Å². The van der Waals surface area contributed by atoms with Crippen LogP contribution >= 0.6 is 11.6 Å². The molecule has 1 aromatic carbocycles. The molecule has 98 valence electrons. The van der Waals surface area contributed by atoms with E-state index in [1.165, 1.54) is 25.0 Å². The number of piperazine rings is 1. The second-order valence-corrected chi connectivity index (χ2v) is 6.04. The normalized spacial score (nSPS) is 28.5. The number of nitrogens with zero attached hydrogens (tertiary/aromatic N) is 1. The Balaban J connectivity index is 1.83. The van der Waals surface area contributed by atoms with E-state index in [0.29, 0.717) is 5.02 Å².